The van der Waals surface area contributed by atoms with Crippen molar-refractivity contribution >= 4 is 29.9 Å². The van der Waals surface area contributed by atoms with Crippen molar-refractivity contribution in [2.24, 2.45) is 4.99 Å². The molecular weight excluding hydrogens is 508 g/mol. The highest BCUT2D eigenvalue weighted by molar-refractivity contribution is 14.0. The van der Waals surface area contributed by atoms with Crippen LogP contribution in [0.3, 0.4) is 0 Å². The third kappa shape index (κ3) is 6.61. The molecule has 0 bridgehead atoms. The molecular formula is C21H20F3IN4O. The van der Waals surface area contributed by atoms with Gasteiger partial charge in [0.05, 0.1) is 0 Å². The van der Waals surface area contributed by atoms with Crippen molar-refractivity contribution in [1.82, 2.24) is 15.6 Å². The van der Waals surface area contributed by atoms with Gasteiger partial charge in [0.15, 0.2) is 5.96 Å². The molecule has 0 saturated heterocycles. The van der Waals surface area contributed by atoms with Gasteiger partial charge >= 0.3 is 0 Å². The first kappa shape index (κ1) is 23.5. The quantitative estimate of drug-likeness (QED) is 0.275. The highest BCUT2D eigenvalue weighted by atomic mass is 127. The molecule has 0 amide bonds. The number of guanidine groups is 1. The molecule has 158 valence electrons. The standard InChI is InChI=1S/C21H19F3N4O.HI/c1-25-21(28-13-15-10-17(23)7-8-19(15)24)27-12-14-4-3-9-26-20(14)29-18-6-2-5-16(22)11-18;/h2-11H,12-13H2,1H3,(H2,25,27,28);1H. The Kier molecular flexibility index (Phi) is 8.90. The van der Waals surface area contributed by atoms with E-state index in [0.29, 0.717) is 29.7 Å². The minimum Gasteiger partial charge on any atom is -0.439 e. The van der Waals surface area contributed by atoms with E-state index in [9.17, 15) is 13.2 Å². The molecule has 3 aromatic rings. The molecule has 5 nitrogen and oxygen atoms in total. The Bertz CT molecular complexity index is 1020. The van der Waals surface area contributed by atoms with E-state index in [1.54, 1.807) is 37.5 Å². The number of nitrogens with zero attached hydrogens (tertiary/aromatic N) is 2. The van der Waals surface area contributed by atoms with Gasteiger partial charge in [0.1, 0.15) is 23.2 Å². The summed E-state index contributed by atoms with van der Waals surface area (Å²) in [6.07, 6.45) is 1.57. The fraction of sp³-hybridized carbons (Fsp3) is 0.143. The Labute approximate surface area is 189 Å². The highest BCUT2D eigenvalue weighted by Crippen LogP contribution is 2.23. The zero-order chi connectivity index (χ0) is 20.6. The Morgan fingerprint density at radius 3 is 2.40 bits per heavy atom. The van der Waals surface area contributed by atoms with Gasteiger partial charge in [-0.15, -0.1) is 24.0 Å². The minimum absolute atomic E-state index is 0. The second kappa shape index (κ2) is 11.4. The largest absolute Gasteiger partial charge is 0.439 e. The zero-order valence-corrected chi connectivity index (χ0v) is 18.4. The predicted octanol–water partition coefficient (Wildman–Crippen LogP) is 4.77. The number of hydrogen-bond donors (Lipinski definition) is 2. The Morgan fingerprint density at radius 1 is 0.933 bits per heavy atom. The first-order valence-electron chi connectivity index (χ1n) is 8.81. The zero-order valence-electron chi connectivity index (χ0n) is 16.0. The third-order valence-corrected chi connectivity index (χ3v) is 3.98. The molecule has 0 saturated carbocycles. The number of ether oxygens (including phenoxy) is 1. The number of rotatable bonds is 6. The lowest BCUT2D eigenvalue weighted by atomic mass is 10.2. The van der Waals surface area contributed by atoms with Crippen molar-refractivity contribution in [1.29, 1.82) is 0 Å². The van der Waals surface area contributed by atoms with Crippen LogP contribution in [0, 0.1) is 17.5 Å². The Balaban J connectivity index is 0.00000320. The number of hydrogen-bond acceptors (Lipinski definition) is 3. The van der Waals surface area contributed by atoms with Crippen LogP contribution in [0.25, 0.3) is 0 Å². The summed E-state index contributed by atoms with van der Waals surface area (Å²) in [5.74, 6) is -0.402. The van der Waals surface area contributed by atoms with Gasteiger partial charge in [-0.2, -0.15) is 0 Å². The molecule has 9 heteroatoms. The smallest absolute Gasteiger partial charge is 0.224 e. The number of benzene rings is 2. The van der Waals surface area contributed by atoms with Crippen molar-refractivity contribution in [3.63, 3.8) is 0 Å². The van der Waals surface area contributed by atoms with Crippen LogP contribution >= 0.6 is 24.0 Å². The van der Waals surface area contributed by atoms with Gasteiger partial charge in [-0.1, -0.05) is 12.1 Å². The highest BCUT2D eigenvalue weighted by Gasteiger charge is 2.09. The topological polar surface area (TPSA) is 58.5 Å². The van der Waals surface area contributed by atoms with E-state index in [0.717, 1.165) is 18.2 Å². The van der Waals surface area contributed by atoms with E-state index in [-0.39, 0.29) is 36.1 Å². The second-order valence-corrected chi connectivity index (χ2v) is 6.04. The van der Waals surface area contributed by atoms with E-state index < -0.39 is 17.5 Å². The molecule has 0 unspecified atom stereocenters. The molecule has 1 aromatic heterocycles. The van der Waals surface area contributed by atoms with Crippen molar-refractivity contribution in [3.05, 3.63) is 89.4 Å². The maximum Gasteiger partial charge on any atom is 0.224 e. The summed E-state index contributed by atoms with van der Waals surface area (Å²) in [5.41, 5.74) is 0.890. The SMILES string of the molecule is CN=C(NCc1cc(F)ccc1F)NCc1cccnc1Oc1cccc(F)c1.I. The molecule has 2 aromatic carbocycles. The van der Waals surface area contributed by atoms with Gasteiger partial charge in [-0.3, -0.25) is 4.99 Å². The Hall–Kier alpha value is -2.82. The maximum absolute atomic E-state index is 13.7. The molecule has 0 aliphatic heterocycles. The van der Waals surface area contributed by atoms with Crippen LogP contribution in [0.2, 0.25) is 0 Å². The summed E-state index contributed by atoms with van der Waals surface area (Å²) in [7, 11) is 1.56. The molecule has 0 aliphatic rings. The maximum atomic E-state index is 13.7. The molecule has 0 aliphatic carbocycles. The molecule has 1 heterocycles. The van der Waals surface area contributed by atoms with Crippen LogP contribution in [0.1, 0.15) is 11.1 Å². The van der Waals surface area contributed by atoms with E-state index in [4.69, 9.17) is 4.74 Å². The normalized spacial score (nSPS) is 10.9. The van der Waals surface area contributed by atoms with Gasteiger partial charge in [0.25, 0.3) is 0 Å². The first-order chi connectivity index (χ1) is 14.0. The van der Waals surface area contributed by atoms with E-state index in [1.807, 2.05) is 0 Å². The van der Waals surface area contributed by atoms with Gasteiger partial charge in [0, 0.05) is 43.5 Å². The van der Waals surface area contributed by atoms with Crippen LogP contribution in [0.4, 0.5) is 13.2 Å². The summed E-state index contributed by atoms with van der Waals surface area (Å²) < 4.78 is 46.1. The summed E-state index contributed by atoms with van der Waals surface area (Å²) in [6.45, 7) is 0.354. The van der Waals surface area contributed by atoms with Crippen LogP contribution < -0.4 is 15.4 Å². The van der Waals surface area contributed by atoms with E-state index >= 15 is 0 Å². The summed E-state index contributed by atoms with van der Waals surface area (Å²) >= 11 is 0. The monoisotopic (exact) mass is 528 g/mol. The van der Waals surface area contributed by atoms with Crippen molar-refractivity contribution in [2.45, 2.75) is 13.1 Å². The van der Waals surface area contributed by atoms with E-state index in [1.165, 1.54) is 12.1 Å². The summed E-state index contributed by atoms with van der Waals surface area (Å²) in [4.78, 5) is 8.25. The van der Waals surface area contributed by atoms with Crippen LogP contribution in [0.15, 0.2) is 65.8 Å². The molecule has 0 spiro atoms. The number of halogens is 4. The van der Waals surface area contributed by atoms with Crippen LogP contribution in [-0.2, 0) is 13.1 Å². The van der Waals surface area contributed by atoms with Gasteiger partial charge in [0.2, 0.25) is 5.88 Å². The summed E-state index contributed by atoms with van der Waals surface area (Å²) in [5, 5.41) is 5.98. The van der Waals surface area contributed by atoms with Crippen LogP contribution in [0.5, 0.6) is 11.6 Å². The Morgan fingerprint density at radius 2 is 1.67 bits per heavy atom. The summed E-state index contributed by atoms with van der Waals surface area (Å²) in [6, 6.07) is 12.6. The van der Waals surface area contributed by atoms with Crippen LogP contribution in [-0.4, -0.2) is 18.0 Å². The van der Waals surface area contributed by atoms with Gasteiger partial charge < -0.3 is 15.4 Å². The molecule has 2 N–H and O–H groups in total. The van der Waals surface area contributed by atoms with E-state index in [2.05, 4.69) is 20.6 Å². The van der Waals surface area contributed by atoms with Gasteiger partial charge in [-0.05, 0) is 36.4 Å². The third-order valence-electron chi connectivity index (χ3n) is 3.98. The number of aliphatic imine (C=N–C) groups is 1. The number of pyridine rings is 1. The first-order valence-corrected chi connectivity index (χ1v) is 8.81. The fourth-order valence-electron chi connectivity index (χ4n) is 2.55. The minimum atomic E-state index is -0.513. The molecule has 0 fully saturated rings. The second-order valence-electron chi connectivity index (χ2n) is 6.04. The number of aromatic nitrogens is 1. The lowest BCUT2D eigenvalue weighted by molar-refractivity contribution is 0.450. The van der Waals surface area contributed by atoms with Crippen molar-refractivity contribution in [3.8, 4) is 11.6 Å². The van der Waals surface area contributed by atoms with Crippen molar-refractivity contribution < 1.29 is 17.9 Å². The average Bonchev–Trinajstić information content (AvgIpc) is 2.71. The molecule has 30 heavy (non-hydrogen) atoms. The number of nitrogens with one attached hydrogen (secondary N) is 2. The van der Waals surface area contributed by atoms with Gasteiger partial charge in [-0.25, -0.2) is 18.2 Å². The predicted molar refractivity (Wildman–Crippen MR) is 120 cm³/mol. The lowest BCUT2D eigenvalue weighted by Crippen LogP contribution is -2.36. The lowest BCUT2D eigenvalue weighted by Gasteiger charge is -2.14. The van der Waals surface area contributed by atoms with Crippen molar-refractivity contribution in [2.75, 3.05) is 7.05 Å². The average molecular weight is 528 g/mol. The fourth-order valence-corrected chi connectivity index (χ4v) is 2.55. The molecule has 0 atom stereocenters. The molecule has 0 radical (unpaired) electrons. The molecule has 3 rings (SSSR count).